The van der Waals surface area contributed by atoms with Crippen LogP contribution in [0.25, 0.3) is 10.2 Å². The number of anilines is 1. The number of fused-ring (bicyclic) bond motifs is 2. The Morgan fingerprint density at radius 1 is 1.11 bits per heavy atom. The molecule has 0 fully saturated rings. The maximum absolute atomic E-state index is 14.0. The number of hydrogen-bond acceptors (Lipinski definition) is 8. The van der Waals surface area contributed by atoms with Gasteiger partial charge in [0, 0.05) is 34.9 Å². The molecule has 2 aromatic carbocycles. The van der Waals surface area contributed by atoms with Gasteiger partial charge in [-0.25, -0.2) is 4.98 Å². The SMILES string of the molecule is COc1ccc2nc(NC(=O)C3=C(C)NC4=CC(C)(C)CC(=O)C4C3c3cccc(OC)c3OC)sc2c1. The third-order valence-corrected chi connectivity index (χ3v) is 8.00. The van der Waals surface area contributed by atoms with E-state index in [1.165, 1.54) is 11.3 Å². The number of methoxy groups -OCH3 is 3. The van der Waals surface area contributed by atoms with Crippen LogP contribution in [0.4, 0.5) is 5.13 Å². The number of benzene rings is 2. The van der Waals surface area contributed by atoms with E-state index in [2.05, 4.69) is 21.7 Å². The van der Waals surface area contributed by atoms with Crippen molar-refractivity contribution in [2.24, 2.45) is 11.3 Å². The second-order valence-electron chi connectivity index (χ2n) is 10.2. The van der Waals surface area contributed by atoms with Gasteiger partial charge in [-0.05, 0) is 36.6 Å². The topological polar surface area (TPSA) is 98.8 Å². The van der Waals surface area contributed by atoms with Crippen LogP contribution < -0.4 is 24.8 Å². The van der Waals surface area contributed by atoms with Crippen molar-refractivity contribution >= 4 is 38.4 Å². The highest BCUT2D eigenvalue weighted by Crippen LogP contribution is 2.50. The molecule has 1 aliphatic carbocycles. The number of allylic oxidation sites excluding steroid dienone is 3. The van der Waals surface area contributed by atoms with Gasteiger partial charge in [-0.15, -0.1) is 0 Å². The quantitative estimate of drug-likeness (QED) is 0.437. The van der Waals surface area contributed by atoms with Crippen molar-refractivity contribution in [3.63, 3.8) is 0 Å². The number of para-hydroxylation sites is 1. The number of carbonyl (C=O) groups excluding carboxylic acids is 2. The van der Waals surface area contributed by atoms with Crippen LogP contribution in [0.15, 0.2) is 59.4 Å². The molecule has 0 saturated carbocycles. The summed E-state index contributed by atoms with van der Waals surface area (Å²) in [6.45, 7) is 5.95. The molecule has 1 aliphatic heterocycles. The maximum Gasteiger partial charge on any atom is 0.255 e. The van der Waals surface area contributed by atoms with Crippen LogP contribution in [0.2, 0.25) is 0 Å². The van der Waals surface area contributed by atoms with Crippen molar-refractivity contribution in [3.05, 3.63) is 65.0 Å². The number of amides is 1. The zero-order valence-corrected chi connectivity index (χ0v) is 23.1. The van der Waals surface area contributed by atoms with E-state index in [-0.39, 0.29) is 17.1 Å². The fourth-order valence-electron chi connectivity index (χ4n) is 5.51. The second-order valence-corrected chi connectivity index (χ2v) is 11.3. The number of ether oxygens (including phenoxy) is 3. The highest BCUT2D eigenvalue weighted by molar-refractivity contribution is 7.22. The minimum atomic E-state index is -0.578. The number of carbonyl (C=O) groups is 2. The summed E-state index contributed by atoms with van der Waals surface area (Å²) in [5.41, 5.74) is 3.13. The van der Waals surface area contributed by atoms with Crippen molar-refractivity contribution in [2.75, 3.05) is 26.6 Å². The largest absolute Gasteiger partial charge is 0.497 e. The molecule has 9 heteroatoms. The molecule has 2 heterocycles. The lowest BCUT2D eigenvalue weighted by molar-refractivity contribution is -0.124. The zero-order chi connectivity index (χ0) is 27.2. The van der Waals surface area contributed by atoms with Gasteiger partial charge in [0.25, 0.3) is 5.91 Å². The Balaban J connectivity index is 1.62. The summed E-state index contributed by atoms with van der Waals surface area (Å²) in [5.74, 6) is 0.364. The van der Waals surface area contributed by atoms with Crippen LogP contribution in [-0.4, -0.2) is 38.0 Å². The molecule has 2 unspecified atom stereocenters. The van der Waals surface area contributed by atoms with Gasteiger partial charge in [0.2, 0.25) is 0 Å². The first-order valence-electron chi connectivity index (χ1n) is 12.4. The van der Waals surface area contributed by atoms with E-state index in [0.29, 0.717) is 34.3 Å². The van der Waals surface area contributed by atoms with E-state index in [9.17, 15) is 9.59 Å². The fourth-order valence-corrected chi connectivity index (χ4v) is 6.40. The molecule has 8 nitrogen and oxygen atoms in total. The lowest BCUT2D eigenvalue weighted by Crippen LogP contribution is -2.44. The Morgan fingerprint density at radius 3 is 2.61 bits per heavy atom. The molecule has 0 saturated heterocycles. The number of nitrogens with one attached hydrogen (secondary N) is 2. The van der Waals surface area contributed by atoms with E-state index < -0.39 is 11.8 Å². The van der Waals surface area contributed by atoms with Crippen LogP contribution in [0, 0.1) is 11.3 Å². The fraction of sp³-hybridized carbons (Fsp3) is 0.345. The molecule has 3 aromatic rings. The van der Waals surface area contributed by atoms with Crippen LogP contribution in [0.3, 0.4) is 0 Å². The summed E-state index contributed by atoms with van der Waals surface area (Å²) in [6, 6.07) is 11.1. The Labute approximate surface area is 225 Å². The molecule has 38 heavy (non-hydrogen) atoms. The second kappa shape index (κ2) is 9.79. The highest BCUT2D eigenvalue weighted by atomic mass is 32.1. The first-order chi connectivity index (χ1) is 18.2. The van der Waals surface area contributed by atoms with Gasteiger partial charge in [-0.1, -0.05) is 43.4 Å². The summed E-state index contributed by atoms with van der Waals surface area (Å²) in [7, 11) is 4.75. The molecule has 0 bridgehead atoms. The van der Waals surface area contributed by atoms with Gasteiger partial charge >= 0.3 is 0 Å². The normalized spacial score (nSPS) is 20.4. The molecule has 1 aromatic heterocycles. The van der Waals surface area contributed by atoms with E-state index in [4.69, 9.17) is 14.2 Å². The summed E-state index contributed by atoms with van der Waals surface area (Å²) < 4.78 is 17.5. The monoisotopic (exact) mass is 533 g/mol. The first kappa shape index (κ1) is 25.8. The van der Waals surface area contributed by atoms with Crippen molar-refractivity contribution in [1.29, 1.82) is 0 Å². The molecule has 0 spiro atoms. The maximum atomic E-state index is 14.0. The minimum absolute atomic E-state index is 0.0692. The number of thiazole rings is 1. The average molecular weight is 534 g/mol. The smallest absolute Gasteiger partial charge is 0.255 e. The molecule has 2 aliphatic rings. The van der Waals surface area contributed by atoms with E-state index in [0.717, 1.165) is 27.2 Å². The Morgan fingerprint density at radius 2 is 1.89 bits per heavy atom. The van der Waals surface area contributed by atoms with Crippen LogP contribution in [0.5, 0.6) is 17.2 Å². The number of Topliss-reactive ketones (excluding diaryl/α,β-unsaturated/α-hetero) is 1. The summed E-state index contributed by atoms with van der Waals surface area (Å²) in [4.78, 5) is 32.2. The number of nitrogens with zero attached hydrogens (tertiary/aromatic N) is 1. The third-order valence-electron chi connectivity index (χ3n) is 7.07. The molecule has 2 N–H and O–H groups in total. The molecular weight excluding hydrogens is 502 g/mol. The third kappa shape index (κ3) is 4.51. The molecular formula is C29H31N3O5S. The molecule has 1 amide bonds. The molecule has 2 atom stereocenters. The predicted octanol–water partition coefficient (Wildman–Crippen LogP) is 5.42. The van der Waals surface area contributed by atoms with Gasteiger partial charge in [0.15, 0.2) is 16.6 Å². The molecule has 198 valence electrons. The number of aromatic nitrogens is 1. The van der Waals surface area contributed by atoms with Gasteiger partial charge in [0.1, 0.15) is 11.5 Å². The Kier molecular flexibility index (Phi) is 6.65. The predicted molar refractivity (Wildman–Crippen MR) is 148 cm³/mol. The van der Waals surface area contributed by atoms with Gasteiger partial charge < -0.3 is 19.5 Å². The summed E-state index contributed by atoms with van der Waals surface area (Å²) >= 11 is 1.37. The average Bonchev–Trinajstić information content (AvgIpc) is 3.27. The van der Waals surface area contributed by atoms with Crippen molar-refractivity contribution in [2.45, 2.75) is 33.1 Å². The minimum Gasteiger partial charge on any atom is -0.497 e. The van der Waals surface area contributed by atoms with Crippen molar-refractivity contribution in [3.8, 4) is 17.2 Å². The van der Waals surface area contributed by atoms with E-state index in [1.807, 2.05) is 51.1 Å². The summed E-state index contributed by atoms with van der Waals surface area (Å²) in [5, 5.41) is 6.84. The lowest BCUT2D eigenvalue weighted by Gasteiger charge is -2.42. The number of hydrogen-bond donors (Lipinski definition) is 2. The number of rotatable bonds is 6. The summed E-state index contributed by atoms with van der Waals surface area (Å²) in [6.07, 6.45) is 2.48. The Hall–Kier alpha value is -3.85. The van der Waals surface area contributed by atoms with E-state index in [1.54, 1.807) is 27.4 Å². The lowest BCUT2D eigenvalue weighted by atomic mass is 9.66. The van der Waals surface area contributed by atoms with Crippen molar-refractivity contribution < 1.29 is 23.8 Å². The first-order valence-corrected chi connectivity index (χ1v) is 13.2. The Bertz CT molecular complexity index is 1500. The van der Waals surface area contributed by atoms with Crippen LogP contribution >= 0.6 is 11.3 Å². The molecule has 5 rings (SSSR count). The van der Waals surface area contributed by atoms with Crippen LogP contribution in [-0.2, 0) is 9.59 Å². The number of ketones is 1. The standard InChI is InChI=1S/C29H31N3O5S/c1-15-23(27(34)32-28-31-18-11-10-16(35-4)12-22(18)38-28)24(17-8-7-9-21(36-5)26(17)37-6)25-19(30-15)13-29(2,3)14-20(25)33/h7-13,24-25,30H,14H2,1-6H3,(H,31,32,34). The van der Waals surface area contributed by atoms with E-state index >= 15 is 0 Å². The van der Waals surface area contributed by atoms with Gasteiger partial charge in [-0.2, -0.15) is 0 Å². The molecule has 0 radical (unpaired) electrons. The van der Waals surface area contributed by atoms with Gasteiger partial charge in [0.05, 0.1) is 37.5 Å². The highest BCUT2D eigenvalue weighted by Gasteiger charge is 2.47. The van der Waals surface area contributed by atoms with Crippen LogP contribution in [0.1, 0.15) is 38.7 Å². The zero-order valence-electron chi connectivity index (χ0n) is 22.3. The van der Waals surface area contributed by atoms with Gasteiger partial charge in [-0.3, -0.25) is 14.9 Å². The van der Waals surface area contributed by atoms with Crippen molar-refractivity contribution in [1.82, 2.24) is 10.3 Å².